The normalized spacial score (nSPS) is 11.8. The molecule has 0 heterocycles. The molecule has 0 aliphatic heterocycles. The lowest BCUT2D eigenvalue weighted by Gasteiger charge is -2.08. The molecule has 1 amide bonds. The number of hydrogen-bond donors (Lipinski definition) is 3. The second-order valence-corrected chi connectivity index (χ2v) is 7.55. The number of guanidine groups is 1. The zero-order chi connectivity index (χ0) is 25.6. The first-order chi connectivity index (χ1) is 17.0. The van der Waals surface area contributed by atoms with E-state index in [4.69, 9.17) is 16.2 Å². The van der Waals surface area contributed by atoms with Crippen LogP contribution in [0, 0.1) is 0 Å². The number of nitrogens with one attached hydrogen (secondary N) is 1. The van der Waals surface area contributed by atoms with Gasteiger partial charge < -0.3 is 16.2 Å². The number of carbonyl (C=O) groups is 2. The molecule has 1 rings (SSSR count). The van der Waals surface area contributed by atoms with Crippen LogP contribution in [0.4, 0.5) is 0 Å². The van der Waals surface area contributed by atoms with E-state index in [0.29, 0.717) is 6.42 Å². The first kappa shape index (κ1) is 29.2. The minimum absolute atomic E-state index is 0.163. The summed E-state index contributed by atoms with van der Waals surface area (Å²) in [6.07, 6.45) is 28.0. The van der Waals surface area contributed by atoms with Gasteiger partial charge in [0.25, 0.3) is 5.91 Å². The number of unbranched alkanes of at least 4 members (excludes halogenated alkanes) is 1. The van der Waals surface area contributed by atoms with Crippen LogP contribution in [0.2, 0.25) is 0 Å². The molecular formula is C28H38N4O3. The number of allylic oxidation sites excluding steroid dienone is 10. The van der Waals surface area contributed by atoms with Crippen molar-refractivity contribution in [2.45, 2.75) is 58.3 Å². The third-order valence-electron chi connectivity index (χ3n) is 4.55. The monoisotopic (exact) mass is 478 g/mol. The Morgan fingerprint density at radius 1 is 0.857 bits per heavy atom. The third-order valence-corrected chi connectivity index (χ3v) is 4.55. The largest absolute Gasteiger partial charge is 0.426 e. The van der Waals surface area contributed by atoms with Gasteiger partial charge in [-0.25, -0.2) is 5.43 Å². The molecule has 0 unspecified atom stereocenters. The first-order valence-electron chi connectivity index (χ1n) is 12.0. The van der Waals surface area contributed by atoms with Gasteiger partial charge in [0.2, 0.25) is 5.96 Å². The number of para-hydroxylation sites is 1. The van der Waals surface area contributed by atoms with E-state index in [-0.39, 0.29) is 23.7 Å². The highest BCUT2D eigenvalue weighted by atomic mass is 16.5. The maximum absolute atomic E-state index is 12.1. The van der Waals surface area contributed by atoms with E-state index >= 15 is 0 Å². The highest BCUT2D eigenvalue weighted by Crippen LogP contribution is 2.19. The van der Waals surface area contributed by atoms with Gasteiger partial charge >= 0.3 is 5.97 Å². The van der Waals surface area contributed by atoms with E-state index in [1.54, 1.807) is 18.2 Å². The summed E-state index contributed by atoms with van der Waals surface area (Å²) < 4.78 is 5.34. The number of esters is 1. The van der Waals surface area contributed by atoms with E-state index < -0.39 is 11.9 Å². The van der Waals surface area contributed by atoms with Crippen LogP contribution < -0.4 is 21.6 Å². The Kier molecular flexibility index (Phi) is 16.3. The molecule has 1 aromatic rings. The predicted molar refractivity (Wildman–Crippen MR) is 144 cm³/mol. The molecular weight excluding hydrogens is 440 g/mol. The van der Waals surface area contributed by atoms with Crippen molar-refractivity contribution in [1.29, 1.82) is 0 Å². The molecule has 5 N–H and O–H groups in total. The molecule has 35 heavy (non-hydrogen) atoms. The van der Waals surface area contributed by atoms with E-state index in [0.717, 1.165) is 38.5 Å². The van der Waals surface area contributed by atoms with Crippen LogP contribution in [0.15, 0.2) is 90.1 Å². The number of nitrogens with zero attached hydrogens (tertiary/aromatic N) is 1. The summed E-state index contributed by atoms with van der Waals surface area (Å²) in [5, 5.41) is 3.46. The molecule has 7 nitrogen and oxygen atoms in total. The Balaban J connectivity index is 2.21. The second kappa shape index (κ2) is 19.6. The fourth-order valence-electron chi connectivity index (χ4n) is 2.83. The van der Waals surface area contributed by atoms with E-state index in [1.165, 1.54) is 6.07 Å². The number of rotatable bonds is 16. The number of benzene rings is 1. The molecule has 0 radical (unpaired) electrons. The molecule has 0 fully saturated rings. The Labute approximate surface area is 209 Å². The van der Waals surface area contributed by atoms with Gasteiger partial charge in [-0.05, 0) is 57.1 Å². The van der Waals surface area contributed by atoms with E-state index in [1.807, 2.05) is 0 Å². The molecule has 0 spiro atoms. The van der Waals surface area contributed by atoms with Gasteiger partial charge in [0.15, 0.2) is 0 Å². The molecule has 0 saturated carbocycles. The Morgan fingerprint density at radius 3 is 1.97 bits per heavy atom. The average molecular weight is 479 g/mol. The van der Waals surface area contributed by atoms with Gasteiger partial charge in [-0.3, -0.25) is 9.59 Å². The van der Waals surface area contributed by atoms with Gasteiger partial charge in [-0.15, -0.1) is 5.10 Å². The van der Waals surface area contributed by atoms with Crippen LogP contribution in [0.25, 0.3) is 0 Å². The lowest BCUT2D eigenvalue weighted by atomic mass is 10.2. The number of ether oxygens (including phenoxy) is 1. The molecule has 0 atom stereocenters. The van der Waals surface area contributed by atoms with Crippen molar-refractivity contribution >= 4 is 17.8 Å². The van der Waals surface area contributed by atoms with Gasteiger partial charge in [0.1, 0.15) is 5.75 Å². The summed E-state index contributed by atoms with van der Waals surface area (Å²) in [4.78, 5) is 24.3. The van der Waals surface area contributed by atoms with Crippen molar-refractivity contribution in [3.8, 4) is 5.75 Å². The third kappa shape index (κ3) is 15.6. The number of hydrazone groups is 1. The predicted octanol–water partition coefficient (Wildman–Crippen LogP) is 5.43. The fraction of sp³-hybridized carbons (Fsp3) is 0.321. The Morgan fingerprint density at radius 2 is 1.40 bits per heavy atom. The maximum atomic E-state index is 12.1. The number of nitrogens with two attached hydrogens (primary N) is 2. The average Bonchev–Trinajstić information content (AvgIpc) is 2.84. The summed E-state index contributed by atoms with van der Waals surface area (Å²) in [7, 11) is 0. The van der Waals surface area contributed by atoms with Crippen molar-refractivity contribution in [2.24, 2.45) is 16.6 Å². The van der Waals surface area contributed by atoms with Crippen LogP contribution in [-0.4, -0.2) is 17.8 Å². The minimum Gasteiger partial charge on any atom is -0.426 e. The summed E-state index contributed by atoms with van der Waals surface area (Å²) in [6.45, 7) is 2.14. The van der Waals surface area contributed by atoms with Crippen LogP contribution in [0.1, 0.15) is 68.6 Å². The summed E-state index contributed by atoms with van der Waals surface area (Å²) >= 11 is 0. The lowest BCUT2D eigenvalue weighted by molar-refractivity contribution is -0.134. The standard InChI is InChI=1S/C28H38N4O3/c1-2-3-4-5-6-7-8-9-10-11-12-13-14-15-16-17-18-23-26(33)35-25-22-20-19-21-24(25)27(34)31-32-28(29)30/h3-4,6-7,9-10,12-13,15-16,19-22H,2,5,8,11,14,17-18,23H2,1H3,(H,31,34)(H4,29,30,32)/b4-3+,7-6+,10-9+,13-12+,16-15+. The number of carbonyl (C=O) groups excluding carboxylic acids is 2. The maximum Gasteiger partial charge on any atom is 0.311 e. The van der Waals surface area contributed by atoms with Crippen LogP contribution in [0.5, 0.6) is 5.75 Å². The molecule has 0 bridgehead atoms. The zero-order valence-electron chi connectivity index (χ0n) is 20.6. The number of hydrogen-bond acceptors (Lipinski definition) is 4. The molecule has 7 heteroatoms. The van der Waals surface area contributed by atoms with E-state index in [2.05, 4.69) is 78.2 Å². The molecule has 0 saturated heterocycles. The minimum atomic E-state index is -0.569. The van der Waals surface area contributed by atoms with E-state index in [9.17, 15) is 9.59 Å². The first-order valence-corrected chi connectivity index (χ1v) is 12.0. The number of amides is 1. The van der Waals surface area contributed by atoms with Crippen LogP contribution >= 0.6 is 0 Å². The van der Waals surface area contributed by atoms with Crippen molar-refractivity contribution in [3.05, 3.63) is 90.6 Å². The highest BCUT2D eigenvalue weighted by Gasteiger charge is 2.14. The second-order valence-electron chi connectivity index (χ2n) is 7.55. The quantitative estimate of drug-likeness (QED) is 0.0556. The summed E-state index contributed by atoms with van der Waals surface area (Å²) in [6, 6.07) is 6.41. The van der Waals surface area contributed by atoms with Crippen molar-refractivity contribution < 1.29 is 14.3 Å². The lowest BCUT2D eigenvalue weighted by Crippen LogP contribution is -2.29. The Hall–Kier alpha value is -3.87. The van der Waals surface area contributed by atoms with Crippen molar-refractivity contribution in [2.75, 3.05) is 0 Å². The Bertz CT molecular complexity index is 939. The fourth-order valence-corrected chi connectivity index (χ4v) is 2.83. The highest BCUT2D eigenvalue weighted by molar-refractivity contribution is 5.98. The van der Waals surface area contributed by atoms with Gasteiger partial charge in [-0.1, -0.05) is 79.8 Å². The van der Waals surface area contributed by atoms with Gasteiger partial charge in [0.05, 0.1) is 5.56 Å². The van der Waals surface area contributed by atoms with Crippen LogP contribution in [0.3, 0.4) is 0 Å². The zero-order valence-corrected chi connectivity index (χ0v) is 20.6. The van der Waals surface area contributed by atoms with Gasteiger partial charge in [-0.2, -0.15) is 0 Å². The molecule has 0 aromatic heterocycles. The molecule has 0 aliphatic carbocycles. The smallest absolute Gasteiger partial charge is 0.311 e. The molecule has 0 aliphatic rings. The van der Waals surface area contributed by atoms with Crippen LogP contribution in [-0.2, 0) is 4.79 Å². The topological polar surface area (TPSA) is 120 Å². The summed E-state index contributed by atoms with van der Waals surface area (Å²) in [5.41, 5.74) is 12.8. The van der Waals surface area contributed by atoms with Gasteiger partial charge in [0, 0.05) is 6.42 Å². The summed E-state index contributed by atoms with van der Waals surface area (Å²) in [5.74, 6) is -1.08. The van der Waals surface area contributed by atoms with Crippen molar-refractivity contribution in [3.63, 3.8) is 0 Å². The SMILES string of the molecule is CC/C=C/C/C=C/C/C=C/C/C=C/C/C=C/CCCC(=O)Oc1ccccc1C(=O)NN=C(N)N. The molecule has 188 valence electrons. The van der Waals surface area contributed by atoms with Crippen molar-refractivity contribution in [1.82, 2.24) is 5.43 Å². The molecule has 1 aromatic carbocycles.